The van der Waals surface area contributed by atoms with Crippen molar-refractivity contribution in [1.29, 1.82) is 0 Å². The zero-order valence-electron chi connectivity index (χ0n) is 12.4. The van der Waals surface area contributed by atoms with E-state index in [1.807, 2.05) is 0 Å². The van der Waals surface area contributed by atoms with Crippen molar-refractivity contribution in [2.24, 2.45) is 0 Å². The smallest absolute Gasteiger partial charge is 0.331 e. The van der Waals surface area contributed by atoms with Gasteiger partial charge in [0.1, 0.15) is 0 Å². The molecule has 1 aromatic carbocycles. The Morgan fingerprint density at radius 2 is 1.71 bits per heavy atom. The van der Waals surface area contributed by atoms with E-state index in [-0.39, 0.29) is 17.1 Å². The summed E-state index contributed by atoms with van der Waals surface area (Å²) in [6.45, 7) is 2.80. The Balaban J connectivity index is 2.97. The van der Waals surface area contributed by atoms with Gasteiger partial charge < -0.3 is 15.3 Å². The Labute approximate surface area is 123 Å². The lowest BCUT2D eigenvalue weighted by Gasteiger charge is -2.12. The minimum Gasteiger partial charge on any atom is -0.478 e. The first kappa shape index (κ1) is 16.4. The van der Waals surface area contributed by atoms with Crippen LogP contribution >= 0.6 is 0 Å². The van der Waals surface area contributed by atoms with Gasteiger partial charge in [0, 0.05) is 36.5 Å². The van der Waals surface area contributed by atoms with Crippen LogP contribution in [0.3, 0.4) is 0 Å². The van der Waals surface area contributed by atoms with E-state index in [4.69, 9.17) is 5.11 Å². The molecule has 2 amide bonds. The predicted octanol–water partition coefficient (Wildman–Crippen LogP) is 1.75. The van der Waals surface area contributed by atoms with Crippen LogP contribution in [0.4, 0.5) is 5.69 Å². The maximum absolute atomic E-state index is 11.9. The number of hydrogen-bond acceptors (Lipinski definition) is 3. The first-order chi connectivity index (χ1) is 9.73. The van der Waals surface area contributed by atoms with Gasteiger partial charge in [-0.25, -0.2) is 4.79 Å². The van der Waals surface area contributed by atoms with Crippen LogP contribution in [-0.2, 0) is 9.59 Å². The molecule has 0 spiro atoms. The molecular weight excluding hydrogens is 272 g/mol. The fourth-order valence-electron chi connectivity index (χ4n) is 1.54. The molecule has 2 N–H and O–H groups in total. The summed E-state index contributed by atoms with van der Waals surface area (Å²) in [4.78, 5) is 36.0. The summed E-state index contributed by atoms with van der Waals surface area (Å²) in [5.41, 5.74) is 0.972. The summed E-state index contributed by atoms with van der Waals surface area (Å²) in [7, 11) is 3.27. The third-order valence-corrected chi connectivity index (χ3v) is 3.00. The zero-order valence-corrected chi connectivity index (χ0v) is 12.4. The van der Waals surface area contributed by atoms with E-state index >= 15 is 0 Å². The number of nitrogens with zero attached hydrogens (tertiary/aromatic N) is 1. The Bertz CT molecular complexity index is 618. The fraction of sp³-hybridized carbons (Fsp3) is 0.267. The predicted molar refractivity (Wildman–Crippen MR) is 79.1 cm³/mol. The van der Waals surface area contributed by atoms with Crippen LogP contribution in [0, 0.1) is 0 Å². The van der Waals surface area contributed by atoms with Gasteiger partial charge in [-0.2, -0.15) is 0 Å². The second kappa shape index (κ2) is 6.69. The van der Waals surface area contributed by atoms with E-state index in [1.54, 1.807) is 38.4 Å². The molecule has 0 aromatic heterocycles. The quantitative estimate of drug-likeness (QED) is 0.827. The largest absolute Gasteiger partial charge is 0.478 e. The molecule has 1 rings (SSSR count). The standard InChI is InChI=1S/C15H18N2O4/c1-9(10(2)15(20)21)13(18)16-12-7-5-6-11(8-12)14(19)17(3)4/h5-8H,1-4H3,(H,16,18)(H,20,21). The molecule has 112 valence electrons. The van der Waals surface area contributed by atoms with Crippen LogP contribution in [0.2, 0.25) is 0 Å². The topological polar surface area (TPSA) is 86.7 Å². The number of carbonyl (C=O) groups is 3. The number of nitrogens with one attached hydrogen (secondary N) is 1. The van der Waals surface area contributed by atoms with E-state index < -0.39 is 11.9 Å². The molecule has 0 saturated heterocycles. The summed E-state index contributed by atoms with van der Waals surface area (Å²) in [6, 6.07) is 6.47. The number of carboxylic acid groups (broad SMARTS) is 1. The third kappa shape index (κ3) is 4.17. The highest BCUT2D eigenvalue weighted by Crippen LogP contribution is 2.14. The SMILES string of the molecule is CC(C(=O)O)=C(C)C(=O)Nc1cccc(C(=O)N(C)C)c1. The van der Waals surface area contributed by atoms with Crippen molar-refractivity contribution in [3.63, 3.8) is 0 Å². The normalized spacial score (nSPS) is 11.4. The zero-order chi connectivity index (χ0) is 16.2. The second-order valence-corrected chi connectivity index (χ2v) is 4.79. The van der Waals surface area contributed by atoms with Crippen molar-refractivity contribution in [2.75, 3.05) is 19.4 Å². The molecule has 0 heterocycles. The number of benzene rings is 1. The van der Waals surface area contributed by atoms with Gasteiger partial charge in [-0.3, -0.25) is 9.59 Å². The first-order valence-electron chi connectivity index (χ1n) is 6.28. The number of aliphatic carboxylic acids is 1. The molecule has 0 saturated carbocycles. The highest BCUT2D eigenvalue weighted by Gasteiger charge is 2.14. The Kier molecular flexibility index (Phi) is 5.24. The molecule has 6 nitrogen and oxygen atoms in total. The maximum atomic E-state index is 11.9. The summed E-state index contributed by atoms with van der Waals surface area (Å²) in [5, 5.41) is 11.4. The molecule has 0 radical (unpaired) electrons. The number of rotatable bonds is 4. The number of carbonyl (C=O) groups excluding carboxylic acids is 2. The lowest BCUT2D eigenvalue weighted by molar-refractivity contribution is -0.133. The molecule has 0 aliphatic heterocycles. The van der Waals surface area contributed by atoms with E-state index in [9.17, 15) is 14.4 Å². The molecule has 21 heavy (non-hydrogen) atoms. The monoisotopic (exact) mass is 290 g/mol. The fourth-order valence-corrected chi connectivity index (χ4v) is 1.54. The van der Waals surface area contributed by atoms with Gasteiger partial charge in [-0.15, -0.1) is 0 Å². The van der Waals surface area contributed by atoms with Crippen LogP contribution in [-0.4, -0.2) is 41.9 Å². The van der Waals surface area contributed by atoms with Gasteiger partial charge >= 0.3 is 5.97 Å². The highest BCUT2D eigenvalue weighted by molar-refractivity contribution is 6.08. The van der Waals surface area contributed by atoms with Gasteiger partial charge in [0.15, 0.2) is 0 Å². The van der Waals surface area contributed by atoms with Crippen LogP contribution in [0.15, 0.2) is 35.4 Å². The molecule has 0 aliphatic carbocycles. The van der Waals surface area contributed by atoms with Gasteiger partial charge in [0.05, 0.1) is 0 Å². The summed E-state index contributed by atoms with van der Waals surface area (Å²) in [5.74, 6) is -1.83. The number of hydrogen-bond donors (Lipinski definition) is 2. The number of anilines is 1. The van der Waals surface area contributed by atoms with Crippen LogP contribution in [0.5, 0.6) is 0 Å². The number of amides is 2. The van der Waals surface area contributed by atoms with Crippen LogP contribution < -0.4 is 5.32 Å². The Morgan fingerprint density at radius 3 is 2.24 bits per heavy atom. The first-order valence-corrected chi connectivity index (χ1v) is 6.28. The summed E-state index contributed by atoms with van der Waals surface area (Å²) >= 11 is 0. The van der Waals surface area contributed by atoms with Crippen molar-refractivity contribution < 1.29 is 19.5 Å². The van der Waals surface area contributed by atoms with Crippen molar-refractivity contribution in [3.8, 4) is 0 Å². The van der Waals surface area contributed by atoms with Gasteiger partial charge in [0.25, 0.3) is 11.8 Å². The van der Waals surface area contributed by atoms with Crippen molar-refractivity contribution >= 4 is 23.5 Å². The lowest BCUT2D eigenvalue weighted by Crippen LogP contribution is -2.22. The average Bonchev–Trinajstić information content (AvgIpc) is 2.44. The average molecular weight is 290 g/mol. The molecule has 0 bridgehead atoms. The molecule has 1 aromatic rings. The van der Waals surface area contributed by atoms with Crippen molar-refractivity contribution in [1.82, 2.24) is 4.90 Å². The highest BCUT2D eigenvalue weighted by atomic mass is 16.4. The Hall–Kier alpha value is -2.63. The van der Waals surface area contributed by atoms with Gasteiger partial charge in [0.2, 0.25) is 0 Å². The molecule has 0 aliphatic rings. The lowest BCUT2D eigenvalue weighted by atomic mass is 10.1. The minimum absolute atomic E-state index is 0.0203. The summed E-state index contributed by atoms with van der Waals surface area (Å²) in [6.07, 6.45) is 0. The van der Waals surface area contributed by atoms with E-state index in [0.29, 0.717) is 11.3 Å². The molecular formula is C15H18N2O4. The number of carboxylic acids is 1. The van der Waals surface area contributed by atoms with Crippen molar-refractivity contribution in [3.05, 3.63) is 41.0 Å². The third-order valence-electron chi connectivity index (χ3n) is 3.00. The van der Waals surface area contributed by atoms with Crippen LogP contribution in [0.1, 0.15) is 24.2 Å². The van der Waals surface area contributed by atoms with E-state index in [2.05, 4.69) is 5.32 Å². The molecule has 0 atom stereocenters. The Morgan fingerprint density at radius 1 is 1.10 bits per heavy atom. The van der Waals surface area contributed by atoms with Crippen molar-refractivity contribution in [2.45, 2.75) is 13.8 Å². The van der Waals surface area contributed by atoms with Gasteiger partial charge in [-0.05, 0) is 32.0 Å². The van der Waals surface area contributed by atoms with Crippen LogP contribution in [0.25, 0.3) is 0 Å². The minimum atomic E-state index is -1.14. The molecule has 6 heteroatoms. The second-order valence-electron chi connectivity index (χ2n) is 4.79. The molecule has 0 fully saturated rings. The molecule has 0 unspecified atom stereocenters. The van der Waals surface area contributed by atoms with Gasteiger partial charge in [-0.1, -0.05) is 6.07 Å². The summed E-state index contributed by atoms with van der Waals surface area (Å²) < 4.78 is 0. The van der Waals surface area contributed by atoms with E-state index in [0.717, 1.165) is 0 Å². The van der Waals surface area contributed by atoms with E-state index in [1.165, 1.54) is 18.7 Å². The maximum Gasteiger partial charge on any atom is 0.331 e.